The molecule has 3 aromatic rings. The number of thiophene rings is 1. The van der Waals surface area contributed by atoms with Crippen molar-refractivity contribution in [1.82, 2.24) is 19.7 Å². The summed E-state index contributed by atoms with van der Waals surface area (Å²) < 4.78 is 39.5. The zero-order valence-electron chi connectivity index (χ0n) is 16.8. The summed E-state index contributed by atoms with van der Waals surface area (Å²) in [7, 11) is 0. The summed E-state index contributed by atoms with van der Waals surface area (Å²) in [6.07, 6.45) is -4.40. The van der Waals surface area contributed by atoms with Crippen molar-refractivity contribution in [3.63, 3.8) is 0 Å². The van der Waals surface area contributed by atoms with Crippen molar-refractivity contribution in [3.8, 4) is 0 Å². The average Bonchev–Trinajstić information content (AvgIpc) is 3.41. The van der Waals surface area contributed by atoms with Crippen LogP contribution < -0.4 is 0 Å². The SMILES string of the molecule is O=C(c1cscn1)N1CCN(C2CN(C(=O)c3cc4cc(C(F)(F)F)ccc4s3)C2)CC1. The van der Waals surface area contributed by atoms with E-state index in [2.05, 4.69) is 9.88 Å². The topological polar surface area (TPSA) is 56.8 Å². The van der Waals surface area contributed by atoms with E-state index in [0.717, 1.165) is 25.2 Å². The number of benzene rings is 1. The standard InChI is InChI=1S/C21H19F3N4O2S2/c22-21(23,24)14-1-2-17-13(7-14)8-18(32-17)20(30)28-9-15(10-28)26-3-5-27(6-4-26)19(29)16-11-31-12-25-16/h1-2,7-8,11-12,15H,3-6,9-10H2. The molecule has 0 unspecified atom stereocenters. The Bertz CT molecular complexity index is 1150. The monoisotopic (exact) mass is 480 g/mol. The molecule has 32 heavy (non-hydrogen) atoms. The Hall–Kier alpha value is -2.50. The van der Waals surface area contributed by atoms with Gasteiger partial charge in [-0.25, -0.2) is 4.98 Å². The molecule has 2 aliphatic heterocycles. The highest BCUT2D eigenvalue weighted by Gasteiger charge is 2.38. The minimum absolute atomic E-state index is 0.0465. The molecule has 0 bridgehead atoms. The molecule has 2 aliphatic rings. The number of nitrogens with zero attached hydrogens (tertiary/aromatic N) is 4. The van der Waals surface area contributed by atoms with E-state index in [0.29, 0.717) is 46.8 Å². The fourth-order valence-corrected chi connectivity index (χ4v) is 5.64. The maximum Gasteiger partial charge on any atom is 0.416 e. The van der Waals surface area contributed by atoms with Crippen molar-refractivity contribution in [2.24, 2.45) is 0 Å². The van der Waals surface area contributed by atoms with Crippen LogP contribution in [0.1, 0.15) is 25.7 Å². The Morgan fingerprint density at radius 1 is 1.00 bits per heavy atom. The predicted molar refractivity (Wildman–Crippen MR) is 116 cm³/mol. The minimum Gasteiger partial charge on any atom is -0.335 e. The van der Waals surface area contributed by atoms with Crippen molar-refractivity contribution in [1.29, 1.82) is 0 Å². The number of amides is 2. The van der Waals surface area contributed by atoms with Crippen molar-refractivity contribution in [3.05, 3.63) is 51.3 Å². The zero-order valence-corrected chi connectivity index (χ0v) is 18.5. The molecule has 2 amide bonds. The highest BCUT2D eigenvalue weighted by molar-refractivity contribution is 7.20. The molecule has 0 radical (unpaired) electrons. The van der Waals surface area contributed by atoms with Gasteiger partial charge in [-0.1, -0.05) is 0 Å². The number of piperazine rings is 1. The quantitative estimate of drug-likeness (QED) is 0.574. The molecule has 0 saturated carbocycles. The number of hydrogen-bond donors (Lipinski definition) is 0. The number of carbonyl (C=O) groups excluding carboxylic acids is 2. The second kappa shape index (κ2) is 8.13. The van der Waals surface area contributed by atoms with Crippen molar-refractivity contribution in [2.45, 2.75) is 12.2 Å². The number of fused-ring (bicyclic) bond motifs is 1. The normalized spacial score (nSPS) is 18.2. The predicted octanol–water partition coefficient (Wildman–Crippen LogP) is 3.66. The second-order valence-corrected chi connectivity index (χ2v) is 9.73. The number of aromatic nitrogens is 1. The second-order valence-electron chi connectivity index (χ2n) is 7.93. The van der Waals surface area contributed by atoms with E-state index in [1.54, 1.807) is 26.8 Å². The van der Waals surface area contributed by atoms with Gasteiger partial charge in [0.05, 0.1) is 16.0 Å². The average molecular weight is 481 g/mol. The molecule has 0 N–H and O–H groups in total. The Balaban J connectivity index is 1.16. The van der Waals surface area contributed by atoms with Gasteiger partial charge < -0.3 is 9.80 Å². The number of carbonyl (C=O) groups is 2. The van der Waals surface area contributed by atoms with Gasteiger partial charge in [-0.3, -0.25) is 14.5 Å². The van der Waals surface area contributed by atoms with E-state index in [1.807, 2.05) is 0 Å². The first-order valence-electron chi connectivity index (χ1n) is 10.1. The molecule has 4 heterocycles. The molecule has 2 saturated heterocycles. The summed E-state index contributed by atoms with van der Waals surface area (Å²) in [6, 6.07) is 5.35. The molecule has 5 rings (SSSR count). The Kier molecular flexibility index (Phi) is 5.42. The largest absolute Gasteiger partial charge is 0.416 e. The highest BCUT2D eigenvalue weighted by atomic mass is 32.1. The van der Waals surface area contributed by atoms with Gasteiger partial charge in [-0.15, -0.1) is 22.7 Å². The van der Waals surface area contributed by atoms with Crippen LogP contribution in [0.25, 0.3) is 10.1 Å². The van der Waals surface area contributed by atoms with Crippen LogP contribution in [0, 0.1) is 0 Å². The van der Waals surface area contributed by atoms with Gasteiger partial charge in [0.15, 0.2) is 0 Å². The van der Waals surface area contributed by atoms with E-state index in [4.69, 9.17) is 0 Å². The first-order valence-corrected chi connectivity index (χ1v) is 11.9. The number of hydrogen-bond acceptors (Lipinski definition) is 6. The first kappa shape index (κ1) is 21.4. The molecule has 11 heteroatoms. The maximum atomic E-state index is 12.9. The smallest absolute Gasteiger partial charge is 0.335 e. The lowest BCUT2D eigenvalue weighted by atomic mass is 10.1. The van der Waals surface area contributed by atoms with Crippen LogP contribution in [0.15, 0.2) is 35.2 Å². The van der Waals surface area contributed by atoms with E-state index in [-0.39, 0.29) is 17.9 Å². The van der Waals surface area contributed by atoms with Gasteiger partial charge in [0.2, 0.25) is 0 Å². The van der Waals surface area contributed by atoms with Crippen LogP contribution in [0.3, 0.4) is 0 Å². The van der Waals surface area contributed by atoms with E-state index < -0.39 is 11.7 Å². The van der Waals surface area contributed by atoms with Gasteiger partial charge in [0.1, 0.15) is 5.69 Å². The number of thiazole rings is 1. The van der Waals surface area contributed by atoms with Gasteiger partial charge in [-0.2, -0.15) is 13.2 Å². The van der Waals surface area contributed by atoms with Crippen LogP contribution in [0.2, 0.25) is 0 Å². The third kappa shape index (κ3) is 4.00. The third-order valence-corrected chi connectivity index (χ3v) is 7.66. The lowest BCUT2D eigenvalue weighted by molar-refractivity contribution is -0.137. The molecule has 0 aliphatic carbocycles. The summed E-state index contributed by atoms with van der Waals surface area (Å²) in [4.78, 5) is 35.6. The van der Waals surface area contributed by atoms with E-state index in [9.17, 15) is 22.8 Å². The van der Waals surface area contributed by atoms with Gasteiger partial charge in [-0.05, 0) is 29.7 Å². The summed E-state index contributed by atoms with van der Waals surface area (Å²) >= 11 is 2.62. The lowest BCUT2D eigenvalue weighted by Gasteiger charge is -2.48. The van der Waals surface area contributed by atoms with Crippen LogP contribution in [0.4, 0.5) is 13.2 Å². The Morgan fingerprint density at radius 3 is 2.41 bits per heavy atom. The zero-order chi connectivity index (χ0) is 22.5. The maximum absolute atomic E-state index is 12.9. The third-order valence-electron chi connectivity index (χ3n) is 5.97. The van der Waals surface area contributed by atoms with Crippen LogP contribution in [-0.4, -0.2) is 76.8 Å². The number of likely N-dealkylation sites (tertiary alicyclic amines) is 1. The van der Waals surface area contributed by atoms with Crippen LogP contribution in [0.5, 0.6) is 0 Å². The molecular weight excluding hydrogens is 461 g/mol. The molecule has 0 atom stereocenters. The molecule has 6 nitrogen and oxygen atoms in total. The lowest BCUT2D eigenvalue weighted by Crippen LogP contribution is -2.64. The van der Waals surface area contributed by atoms with Crippen molar-refractivity contribution < 1.29 is 22.8 Å². The Morgan fingerprint density at radius 2 is 1.75 bits per heavy atom. The first-order chi connectivity index (χ1) is 15.3. The molecule has 0 spiro atoms. The summed E-state index contributed by atoms with van der Waals surface area (Å²) in [5.74, 6) is -0.192. The van der Waals surface area contributed by atoms with E-state index >= 15 is 0 Å². The molecule has 2 aromatic heterocycles. The van der Waals surface area contributed by atoms with Gasteiger partial charge in [0.25, 0.3) is 11.8 Å². The molecular formula is C21H19F3N4O2S2. The summed E-state index contributed by atoms with van der Waals surface area (Å²) in [6.45, 7) is 3.90. The number of halogens is 3. The van der Waals surface area contributed by atoms with Crippen molar-refractivity contribution in [2.75, 3.05) is 39.3 Å². The highest BCUT2D eigenvalue weighted by Crippen LogP contribution is 2.35. The summed E-state index contributed by atoms with van der Waals surface area (Å²) in [5.41, 5.74) is 1.42. The number of alkyl halides is 3. The molecule has 2 fully saturated rings. The molecule has 168 valence electrons. The van der Waals surface area contributed by atoms with Crippen molar-refractivity contribution >= 4 is 44.6 Å². The van der Waals surface area contributed by atoms with Crippen LogP contribution in [-0.2, 0) is 6.18 Å². The Labute approximate surface area is 189 Å². The summed E-state index contributed by atoms with van der Waals surface area (Å²) in [5, 5.41) is 2.19. The fraction of sp³-hybridized carbons (Fsp3) is 0.381. The van der Waals surface area contributed by atoms with Crippen LogP contribution >= 0.6 is 22.7 Å². The number of rotatable bonds is 3. The fourth-order valence-electron chi connectivity index (χ4n) is 4.10. The molecule has 1 aromatic carbocycles. The van der Waals surface area contributed by atoms with E-state index in [1.165, 1.54) is 28.7 Å². The van der Waals surface area contributed by atoms with Gasteiger partial charge in [0, 0.05) is 55.4 Å². The minimum atomic E-state index is -4.40. The van der Waals surface area contributed by atoms with Gasteiger partial charge >= 0.3 is 6.18 Å².